The van der Waals surface area contributed by atoms with Gasteiger partial charge in [0, 0.05) is 46.5 Å². The zero-order valence-corrected chi connectivity index (χ0v) is 17.1. The standard InChI is InChI=1S/C19H25N5O3S/c1-14-4-6-16(7-5-14)28(26,27)22-17-12-15(19(25)23(2)3)13-21-18(17)24-10-8-20-9-11-24/h4-7,12-13,20,22H,8-11H2,1-3H3. The number of carbonyl (C=O) groups excluding carboxylic acids is 1. The minimum atomic E-state index is -3.81. The third-order valence-electron chi connectivity index (χ3n) is 4.51. The van der Waals surface area contributed by atoms with Crippen molar-refractivity contribution in [2.24, 2.45) is 0 Å². The van der Waals surface area contributed by atoms with E-state index in [0.717, 1.165) is 18.7 Å². The fourth-order valence-electron chi connectivity index (χ4n) is 2.96. The maximum Gasteiger partial charge on any atom is 0.262 e. The molecule has 2 aromatic rings. The maximum absolute atomic E-state index is 12.9. The number of nitrogens with one attached hydrogen (secondary N) is 2. The lowest BCUT2D eigenvalue weighted by molar-refractivity contribution is 0.0827. The Morgan fingerprint density at radius 3 is 2.43 bits per heavy atom. The first-order chi connectivity index (χ1) is 13.3. The fourth-order valence-corrected chi connectivity index (χ4v) is 4.01. The first-order valence-electron chi connectivity index (χ1n) is 9.05. The number of carbonyl (C=O) groups is 1. The van der Waals surface area contributed by atoms with Crippen LogP contribution in [0.15, 0.2) is 41.4 Å². The molecule has 0 saturated carbocycles. The third kappa shape index (κ3) is 4.42. The molecular formula is C19H25N5O3S. The number of aromatic nitrogens is 1. The van der Waals surface area contributed by atoms with Crippen LogP contribution in [-0.4, -0.2) is 64.5 Å². The van der Waals surface area contributed by atoms with Gasteiger partial charge in [0.2, 0.25) is 0 Å². The second-order valence-corrected chi connectivity index (χ2v) is 8.63. The second-order valence-electron chi connectivity index (χ2n) is 6.95. The van der Waals surface area contributed by atoms with E-state index in [1.807, 2.05) is 11.8 Å². The van der Waals surface area contributed by atoms with Gasteiger partial charge in [0.1, 0.15) is 0 Å². The number of hydrogen-bond acceptors (Lipinski definition) is 6. The molecule has 0 unspecified atom stereocenters. The minimum absolute atomic E-state index is 0.161. The van der Waals surface area contributed by atoms with Crippen molar-refractivity contribution in [3.05, 3.63) is 47.7 Å². The Hall–Kier alpha value is -2.65. The number of nitrogens with zero attached hydrogens (tertiary/aromatic N) is 3. The van der Waals surface area contributed by atoms with Gasteiger partial charge in [-0.05, 0) is 25.1 Å². The summed E-state index contributed by atoms with van der Waals surface area (Å²) in [5.74, 6) is 0.280. The zero-order chi connectivity index (χ0) is 20.3. The van der Waals surface area contributed by atoms with Gasteiger partial charge in [-0.25, -0.2) is 13.4 Å². The van der Waals surface area contributed by atoms with Crippen molar-refractivity contribution >= 4 is 27.4 Å². The molecule has 0 atom stereocenters. The van der Waals surface area contributed by atoms with Gasteiger partial charge in [-0.1, -0.05) is 17.7 Å². The molecule has 0 spiro atoms. The van der Waals surface area contributed by atoms with Crippen LogP contribution in [0.1, 0.15) is 15.9 Å². The predicted octanol–water partition coefficient (Wildman–Crippen LogP) is 1.30. The normalized spacial score (nSPS) is 14.6. The van der Waals surface area contributed by atoms with Gasteiger partial charge in [0.25, 0.3) is 15.9 Å². The van der Waals surface area contributed by atoms with E-state index in [2.05, 4.69) is 15.0 Å². The first kappa shape index (κ1) is 20.1. The molecule has 1 saturated heterocycles. The number of amides is 1. The molecule has 0 radical (unpaired) electrons. The summed E-state index contributed by atoms with van der Waals surface area (Å²) in [7, 11) is -0.528. The average molecular weight is 404 g/mol. The minimum Gasteiger partial charge on any atom is -0.352 e. The van der Waals surface area contributed by atoms with Crippen LogP contribution in [0, 0.1) is 6.92 Å². The number of hydrogen-bond donors (Lipinski definition) is 2. The highest BCUT2D eigenvalue weighted by Gasteiger charge is 2.22. The molecule has 1 aromatic carbocycles. The summed E-state index contributed by atoms with van der Waals surface area (Å²) in [6.07, 6.45) is 1.49. The molecule has 150 valence electrons. The summed E-state index contributed by atoms with van der Waals surface area (Å²) in [4.78, 5) is 20.4. The Morgan fingerprint density at radius 1 is 1.18 bits per heavy atom. The van der Waals surface area contributed by atoms with Crippen molar-refractivity contribution < 1.29 is 13.2 Å². The molecule has 1 aliphatic rings. The van der Waals surface area contributed by atoms with Crippen LogP contribution in [0.25, 0.3) is 0 Å². The molecule has 1 fully saturated rings. The van der Waals surface area contributed by atoms with Crippen molar-refractivity contribution in [3.63, 3.8) is 0 Å². The van der Waals surface area contributed by atoms with Gasteiger partial charge < -0.3 is 15.1 Å². The number of pyridine rings is 1. The number of benzene rings is 1. The number of sulfonamides is 1. The largest absolute Gasteiger partial charge is 0.352 e. The summed E-state index contributed by atoms with van der Waals surface area (Å²) in [5, 5.41) is 3.26. The first-order valence-corrected chi connectivity index (χ1v) is 10.5. The molecule has 0 aliphatic carbocycles. The second kappa shape index (κ2) is 8.15. The van der Waals surface area contributed by atoms with E-state index in [0.29, 0.717) is 30.2 Å². The molecule has 2 heterocycles. The van der Waals surface area contributed by atoms with Crippen LogP contribution in [0.4, 0.5) is 11.5 Å². The van der Waals surface area contributed by atoms with Gasteiger partial charge in [-0.2, -0.15) is 0 Å². The lowest BCUT2D eigenvalue weighted by Crippen LogP contribution is -2.44. The fraction of sp³-hybridized carbons (Fsp3) is 0.368. The van der Waals surface area contributed by atoms with Crippen LogP contribution >= 0.6 is 0 Å². The van der Waals surface area contributed by atoms with Crippen LogP contribution < -0.4 is 14.9 Å². The van der Waals surface area contributed by atoms with Gasteiger partial charge >= 0.3 is 0 Å². The quantitative estimate of drug-likeness (QED) is 0.782. The lowest BCUT2D eigenvalue weighted by atomic mass is 10.2. The molecule has 1 aromatic heterocycles. The molecule has 9 heteroatoms. The van der Waals surface area contributed by atoms with E-state index in [9.17, 15) is 13.2 Å². The van der Waals surface area contributed by atoms with E-state index in [1.165, 1.54) is 11.1 Å². The molecule has 2 N–H and O–H groups in total. The monoisotopic (exact) mass is 403 g/mol. The van der Waals surface area contributed by atoms with Gasteiger partial charge in [0.05, 0.1) is 16.1 Å². The van der Waals surface area contributed by atoms with Crippen LogP contribution in [0.3, 0.4) is 0 Å². The molecule has 1 amide bonds. The lowest BCUT2D eigenvalue weighted by Gasteiger charge is -2.30. The van der Waals surface area contributed by atoms with Crippen LogP contribution in [0.2, 0.25) is 0 Å². The number of rotatable bonds is 5. The van der Waals surface area contributed by atoms with Crippen molar-refractivity contribution in [1.29, 1.82) is 0 Å². The van der Waals surface area contributed by atoms with E-state index < -0.39 is 10.0 Å². The molecule has 8 nitrogen and oxygen atoms in total. The molecule has 3 rings (SSSR count). The Balaban J connectivity index is 2.01. The average Bonchev–Trinajstić information content (AvgIpc) is 2.68. The van der Waals surface area contributed by atoms with Crippen molar-refractivity contribution in [3.8, 4) is 0 Å². The summed E-state index contributed by atoms with van der Waals surface area (Å²) in [6, 6.07) is 8.17. The van der Waals surface area contributed by atoms with E-state index >= 15 is 0 Å². The maximum atomic E-state index is 12.9. The van der Waals surface area contributed by atoms with E-state index in [1.54, 1.807) is 44.4 Å². The number of aryl methyl sites for hydroxylation is 1. The van der Waals surface area contributed by atoms with Crippen molar-refractivity contribution in [1.82, 2.24) is 15.2 Å². The SMILES string of the molecule is Cc1ccc(S(=O)(=O)Nc2cc(C(=O)N(C)C)cnc2N2CCNCC2)cc1. The Labute approximate surface area is 165 Å². The highest BCUT2D eigenvalue weighted by molar-refractivity contribution is 7.92. The summed E-state index contributed by atoms with van der Waals surface area (Å²) in [6.45, 7) is 4.86. The summed E-state index contributed by atoms with van der Waals surface area (Å²) in [5.41, 5.74) is 1.60. The summed E-state index contributed by atoms with van der Waals surface area (Å²) < 4.78 is 28.4. The van der Waals surface area contributed by atoms with Crippen molar-refractivity contribution in [2.75, 3.05) is 49.9 Å². The van der Waals surface area contributed by atoms with Gasteiger partial charge in [-0.3, -0.25) is 9.52 Å². The number of piperazine rings is 1. The van der Waals surface area contributed by atoms with Crippen LogP contribution in [-0.2, 0) is 10.0 Å². The molecule has 1 aliphatic heterocycles. The zero-order valence-electron chi connectivity index (χ0n) is 16.3. The van der Waals surface area contributed by atoms with E-state index in [4.69, 9.17) is 0 Å². The highest BCUT2D eigenvalue weighted by Crippen LogP contribution is 2.28. The van der Waals surface area contributed by atoms with Crippen LogP contribution in [0.5, 0.6) is 0 Å². The smallest absolute Gasteiger partial charge is 0.262 e. The topological polar surface area (TPSA) is 94.6 Å². The predicted molar refractivity (Wildman–Crippen MR) is 109 cm³/mol. The Morgan fingerprint density at radius 2 is 1.82 bits per heavy atom. The van der Waals surface area contributed by atoms with E-state index in [-0.39, 0.29) is 10.8 Å². The number of anilines is 2. The van der Waals surface area contributed by atoms with Gasteiger partial charge in [-0.15, -0.1) is 0 Å². The molecule has 28 heavy (non-hydrogen) atoms. The Bertz CT molecular complexity index is 952. The van der Waals surface area contributed by atoms with Crippen molar-refractivity contribution in [2.45, 2.75) is 11.8 Å². The summed E-state index contributed by atoms with van der Waals surface area (Å²) >= 11 is 0. The van der Waals surface area contributed by atoms with Gasteiger partial charge in [0.15, 0.2) is 5.82 Å². The molecule has 0 bridgehead atoms. The highest BCUT2D eigenvalue weighted by atomic mass is 32.2. The Kier molecular flexibility index (Phi) is 5.85. The molecular weight excluding hydrogens is 378 g/mol. The third-order valence-corrected chi connectivity index (χ3v) is 5.89.